The molecule has 0 saturated heterocycles. The van der Waals surface area contributed by atoms with E-state index < -0.39 is 186 Å². The first-order valence-corrected chi connectivity index (χ1v) is 36.2. The second kappa shape index (κ2) is 44.2. The van der Waals surface area contributed by atoms with Crippen LogP contribution in [0, 0.1) is 0 Å². The minimum Gasteiger partial charge on any atom is -0.460 e. The van der Waals surface area contributed by atoms with Gasteiger partial charge in [0.05, 0.1) is 45.9 Å². The average Bonchev–Trinajstić information content (AvgIpc) is 1.57. The lowest BCUT2D eigenvalue weighted by Crippen LogP contribution is -2.64. The molecular formula is C75H107N11O24. The fraction of sp³-hybridized carbons (Fsp3) is 0.573. The molecule has 35 nitrogen and oxygen atoms in total. The largest absolute Gasteiger partial charge is 0.460 e. The van der Waals surface area contributed by atoms with Crippen molar-refractivity contribution in [3.05, 3.63) is 84.0 Å². The number of nitrogens with zero attached hydrogens (tertiary/aromatic N) is 2. The van der Waals surface area contributed by atoms with Gasteiger partial charge in [-0.25, -0.2) is 9.59 Å². The number of aliphatic hydroxyl groups is 2. The van der Waals surface area contributed by atoms with Crippen LogP contribution in [0.25, 0.3) is 0 Å². The first kappa shape index (κ1) is 91.9. The molecule has 2 aromatic rings. The highest BCUT2D eigenvalue weighted by atomic mass is 16.6. The maximum atomic E-state index is 14.4. The van der Waals surface area contributed by atoms with Crippen LogP contribution in [0.4, 0.5) is 21.0 Å². The first-order chi connectivity index (χ1) is 51.5. The van der Waals surface area contributed by atoms with E-state index in [0.717, 1.165) is 24.3 Å². The van der Waals surface area contributed by atoms with Gasteiger partial charge in [-0.1, -0.05) is 24.3 Å². The Morgan fingerprint density at radius 2 is 0.745 bits per heavy atom. The van der Waals surface area contributed by atoms with Crippen LogP contribution >= 0.6 is 0 Å². The Morgan fingerprint density at radius 3 is 1.11 bits per heavy atom. The highest BCUT2D eigenvalue weighted by molar-refractivity contribution is 6.19. The summed E-state index contributed by atoms with van der Waals surface area (Å²) >= 11 is 0. The van der Waals surface area contributed by atoms with E-state index in [1.54, 1.807) is 107 Å². The number of unbranched alkanes of at least 4 members (excludes halogenated alkanes) is 2. The van der Waals surface area contributed by atoms with Crippen molar-refractivity contribution in [2.75, 3.05) is 56.7 Å². The zero-order valence-corrected chi connectivity index (χ0v) is 64.5. The second-order valence-corrected chi connectivity index (χ2v) is 29.7. The smallest absolute Gasteiger partial charge is 0.407 e. The fourth-order valence-corrected chi connectivity index (χ4v) is 10.6. The van der Waals surface area contributed by atoms with Gasteiger partial charge in [0.15, 0.2) is 5.78 Å². The molecule has 0 aromatic heterocycles. The SMILES string of the molecule is CC(C)(C)OC(=O)C[C@H](NC(=O)[C@H](CCCCNC(=O)OC(C)(C)C)NC(=O)CCOCCCC(=O)C(C(C(=O)NCCOCCC(=O)N[C@@H](CCCCNC(=O)OC(C)(C)C)C(=O)N[C@@H](CC(=O)OC(C)(C)C)C(=O)Nc1ccc(CO)cc1)N1C(=O)C=CC1=O)N1C(=O)C=CC1=O)C(=O)Nc1ccc(CO)cc1. The first-order valence-electron chi connectivity index (χ1n) is 36.2. The van der Waals surface area contributed by atoms with Crippen molar-refractivity contribution in [1.29, 1.82) is 0 Å². The number of Topliss-reactive ketones (excluding diaryl/α,β-unsaturated/α-hetero) is 1. The summed E-state index contributed by atoms with van der Waals surface area (Å²) in [5.41, 5.74) is -1.85. The number of carbonyl (C=O) groups excluding carboxylic acids is 16. The summed E-state index contributed by atoms with van der Waals surface area (Å²) in [7, 11) is 0. The van der Waals surface area contributed by atoms with Gasteiger partial charge in [0.25, 0.3) is 23.6 Å². The van der Waals surface area contributed by atoms with E-state index >= 15 is 0 Å². The topological polar surface area (TPSA) is 484 Å². The van der Waals surface area contributed by atoms with Gasteiger partial charge in [-0.15, -0.1) is 0 Å². The Hall–Kier alpha value is -10.5. The molecule has 2 aromatic carbocycles. The summed E-state index contributed by atoms with van der Waals surface area (Å²) in [5, 5.41) is 42.3. The number of rotatable bonds is 44. The average molecular weight is 1550 g/mol. The Balaban J connectivity index is 1.44. The van der Waals surface area contributed by atoms with Gasteiger partial charge in [-0.3, -0.25) is 76.9 Å². The van der Waals surface area contributed by atoms with Gasteiger partial charge >= 0.3 is 24.1 Å². The van der Waals surface area contributed by atoms with Gasteiger partial charge in [0, 0.05) is 81.2 Å². The predicted molar refractivity (Wildman–Crippen MR) is 394 cm³/mol. The van der Waals surface area contributed by atoms with Crippen LogP contribution in [0.1, 0.15) is 171 Å². The lowest BCUT2D eigenvalue weighted by molar-refractivity contribution is -0.157. The standard InChI is InChI=1S/C75H107N11O24/c1-72(2,3)107-61(96)42-52(67(100)79-48-25-21-46(44-87)22-26-48)83-65(98)50(18-13-15-35-77-70(103)109-74(7,8)9)81-55(90)33-39-105-38-17-20-54(89)63(85-57(92)29-30-58(85)93)64(86-59(94)31-32-60(86)95)69(102)76-37-41-106-40-34-56(91)82-51(19-14-16-36-78-71(104)110-75(10,11)12)66(99)84-53(43-62(97)108-73(4,5)6)68(101)80-49-27-23-47(45-88)24-28-49/h21-32,50-53,63-64,87-88H,13-20,33-45H2,1-12H3,(H,76,102)(H,77,103)(H,78,104)(H,79,100)(H,80,101)(H,81,90)(H,82,91)(H,83,98)(H,84,99)/t50-,51-,52-,53-,63?,64?/m0/s1. The Labute approximate surface area is 638 Å². The monoisotopic (exact) mass is 1550 g/mol. The number of ketones is 1. The Bertz CT molecular complexity index is 3360. The lowest BCUT2D eigenvalue weighted by Gasteiger charge is -2.35. The maximum Gasteiger partial charge on any atom is 0.407 e. The molecule has 0 bridgehead atoms. The molecule has 0 fully saturated rings. The molecule has 11 N–H and O–H groups in total. The molecule has 2 heterocycles. The molecule has 606 valence electrons. The van der Waals surface area contributed by atoms with Crippen molar-refractivity contribution in [2.45, 2.75) is 232 Å². The molecule has 0 saturated carbocycles. The van der Waals surface area contributed by atoms with Crippen LogP contribution in [0.5, 0.6) is 0 Å². The highest BCUT2D eigenvalue weighted by Crippen LogP contribution is 2.24. The minimum atomic E-state index is -2.15. The van der Waals surface area contributed by atoms with Crippen LogP contribution in [0.15, 0.2) is 72.8 Å². The van der Waals surface area contributed by atoms with Crippen LogP contribution in [-0.2, 0) is 109 Å². The minimum absolute atomic E-state index is 0.0363. The van der Waals surface area contributed by atoms with E-state index in [-0.39, 0.29) is 103 Å². The Morgan fingerprint density at radius 1 is 0.382 bits per heavy atom. The van der Waals surface area contributed by atoms with E-state index in [0.29, 0.717) is 33.8 Å². The number of anilines is 2. The van der Waals surface area contributed by atoms with Gasteiger partial charge in [-0.2, -0.15) is 0 Å². The highest BCUT2D eigenvalue weighted by Gasteiger charge is 2.50. The summed E-state index contributed by atoms with van der Waals surface area (Å²) in [4.78, 5) is 217. The zero-order valence-electron chi connectivity index (χ0n) is 64.5. The quantitative estimate of drug-likeness (QED) is 0.0197. The van der Waals surface area contributed by atoms with Gasteiger partial charge in [0.2, 0.25) is 41.4 Å². The predicted octanol–water partition coefficient (Wildman–Crippen LogP) is 2.91. The van der Waals surface area contributed by atoms with Crippen molar-refractivity contribution >= 4 is 106 Å². The van der Waals surface area contributed by atoms with Crippen molar-refractivity contribution < 1.29 is 115 Å². The molecule has 110 heavy (non-hydrogen) atoms. The molecule has 0 spiro atoms. The summed E-state index contributed by atoms with van der Waals surface area (Å²) < 4.78 is 32.8. The molecule has 13 amide bonds. The van der Waals surface area contributed by atoms with Gasteiger partial charge < -0.3 is 86.5 Å². The summed E-state index contributed by atoms with van der Waals surface area (Å²) in [6, 6.07) is 2.26. The van der Waals surface area contributed by atoms with Crippen LogP contribution in [-0.4, -0.2) is 220 Å². The molecule has 2 unspecified atom stereocenters. The number of hydrogen-bond donors (Lipinski definition) is 11. The van der Waals surface area contributed by atoms with E-state index in [1.165, 1.54) is 24.3 Å². The lowest BCUT2D eigenvalue weighted by atomic mass is 9.96. The van der Waals surface area contributed by atoms with Crippen LogP contribution < -0.4 is 47.9 Å². The molecule has 6 atom stereocenters. The maximum absolute atomic E-state index is 14.4. The fourth-order valence-electron chi connectivity index (χ4n) is 10.6. The third-order valence-electron chi connectivity index (χ3n) is 15.5. The normalized spacial score (nSPS) is 14.6. The molecule has 0 aliphatic carbocycles. The number of amides is 13. The van der Waals surface area contributed by atoms with Gasteiger partial charge in [-0.05, 0) is 163 Å². The number of ether oxygens (including phenoxy) is 6. The molecule has 0 radical (unpaired) electrons. The van der Waals surface area contributed by atoms with E-state index in [9.17, 15) is 86.9 Å². The summed E-state index contributed by atoms with van der Waals surface area (Å²) in [6.45, 7) is 17.8. The number of carbonyl (C=O) groups is 16. The number of aliphatic hydroxyl groups excluding tert-OH is 2. The van der Waals surface area contributed by atoms with Crippen molar-refractivity contribution in [1.82, 2.24) is 47.0 Å². The van der Waals surface area contributed by atoms with Gasteiger partial charge in [0.1, 0.15) is 58.7 Å². The van der Waals surface area contributed by atoms with E-state index in [1.807, 2.05) is 0 Å². The number of alkyl carbamates (subject to hydrolysis) is 2. The summed E-state index contributed by atoms with van der Waals surface area (Å²) in [5.74, 6) is -12.9. The number of imide groups is 2. The molecule has 2 aliphatic heterocycles. The zero-order chi connectivity index (χ0) is 82.1. The second-order valence-electron chi connectivity index (χ2n) is 29.7. The van der Waals surface area contributed by atoms with E-state index in [2.05, 4.69) is 47.9 Å². The third kappa shape index (κ3) is 34.8. The Kier molecular flexibility index (Phi) is 36.9. The molecule has 2 aliphatic rings. The van der Waals surface area contributed by atoms with Crippen molar-refractivity contribution in [3.8, 4) is 0 Å². The van der Waals surface area contributed by atoms with Crippen molar-refractivity contribution in [3.63, 3.8) is 0 Å². The number of nitrogens with one attached hydrogen (secondary N) is 9. The third-order valence-corrected chi connectivity index (χ3v) is 15.5. The number of hydrogen-bond acceptors (Lipinski definition) is 24. The molecular weight excluding hydrogens is 1440 g/mol. The number of esters is 2. The van der Waals surface area contributed by atoms with Crippen LogP contribution in [0.3, 0.4) is 0 Å². The summed E-state index contributed by atoms with van der Waals surface area (Å²) in [6.07, 6.45) is 0.155. The van der Waals surface area contributed by atoms with Crippen LogP contribution in [0.2, 0.25) is 0 Å². The van der Waals surface area contributed by atoms with Crippen molar-refractivity contribution in [2.24, 2.45) is 0 Å². The van der Waals surface area contributed by atoms with E-state index in [4.69, 9.17) is 28.4 Å². The molecule has 35 heteroatoms. The molecule has 4 rings (SSSR count). The number of benzene rings is 2.